The number of thioether (sulfide) groups is 1. The number of aromatic nitrogens is 5. The Morgan fingerprint density at radius 1 is 1.07 bits per heavy atom. The highest BCUT2D eigenvalue weighted by atomic mass is 32.2. The van der Waals surface area contributed by atoms with Crippen molar-refractivity contribution in [1.82, 2.24) is 24.9 Å². The van der Waals surface area contributed by atoms with Gasteiger partial charge in [-0.05, 0) is 31.6 Å². The highest BCUT2D eigenvalue weighted by Gasteiger charge is 2.11. The summed E-state index contributed by atoms with van der Waals surface area (Å²) in [6.45, 7) is 2.78. The molecule has 1 N–H and O–H groups in total. The van der Waals surface area contributed by atoms with Crippen LogP contribution in [0, 0.1) is 12.9 Å². The third-order valence-corrected chi connectivity index (χ3v) is 5.74. The fourth-order valence-corrected chi connectivity index (χ4v) is 4.13. The fraction of sp³-hybridized carbons (Fsp3) is 0.250. The van der Waals surface area contributed by atoms with Crippen molar-refractivity contribution in [1.29, 1.82) is 0 Å². The number of fused-ring (bicyclic) bond motifs is 1. The third kappa shape index (κ3) is 4.68. The van der Waals surface area contributed by atoms with Crippen molar-refractivity contribution >= 4 is 39.3 Å². The number of rotatable bonds is 7. The number of nitrogens with one attached hydrogen (secondary N) is 1. The molecule has 0 atom stereocenters. The van der Waals surface area contributed by atoms with Crippen molar-refractivity contribution in [3.05, 3.63) is 53.2 Å². The van der Waals surface area contributed by atoms with E-state index < -0.39 is 5.95 Å². The minimum Gasteiger partial charge on any atom is -0.368 e. The Balaban J connectivity index is 1.36. The molecule has 9 heteroatoms. The predicted molar refractivity (Wildman–Crippen MR) is 116 cm³/mol. The molecule has 4 aromatic rings. The van der Waals surface area contributed by atoms with Gasteiger partial charge in [0.05, 0.1) is 23.1 Å². The Bertz CT molecular complexity index is 1110. The molecule has 0 bridgehead atoms. The Labute approximate surface area is 176 Å². The molecule has 0 aliphatic rings. The summed E-state index contributed by atoms with van der Waals surface area (Å²) in [6.07, 6.45) is 6.44. The summed E-state index contributed by atoms with van der Waals surface area (Å²) in [7, 11) is 0. The van der Waals surface area contributed by atoms with Gasteiger partial charge in [0.2, 0.25) is 5.95 Å². The number of hydrogen-bond acceptors (Lipinski definition) is 8. The molecule has 0 aliphatic heterocycles. The van der Waals surface area contributed by atoms with Gasteiger partial charge in [-0.3, -0.25) is 0 Å². The standard InChI is InChI=1S/C20H19FN6S2/c1-12-25-17-18(26-20(28-2)27-19(17)29-12)22-9-3-4-13-5-7-14(8-6-13)15-10-24-16(21)11-23-15/h5-8,10-11H,3-4,9H2,1-2H3,(H,22,26,27). The first kappa shape index (κ1) is 19.7. The van der Waals surface area contributed by atoms with Crippen LogP contribution in [0.4, 0.5) is 10.2 Å². The second-order valence-corrected chi connectivity index (χ2v) is 8.35. The van der Waals surface area contributed by atoms with Gasteiger partial charge in [0.15, 0.2) is 11.0 Å². The number of thiazole rings is 1. The summed E-state index contributed by atoms with van der Waals surface area (Å²) in [5.74, 6) is 0.227. The van der Waals surface area contributed by atoms with E-state index in [1.165, 1.54) is 23.5 Å². The first-order chi connectivity index (χ1) is 14.1. The number of hydrogen-bond donors (Lipinski definition) is 1. The molecule has 4 rings (SSSR count). The van der Waals surface area contributed by atoms with Crippen molar-refractivity contribution in [2.24, 2.45) is 0 Å². The van der Waals surface area contributed by atoms with Crippen LogP contribution in [0.15, 0.2) is 41.8 Å². The van der Waals surface area contributed by atoms with E-state index >= 15 is 0 Å². The van der Waals surface area contributed by atoms with Crippen LogP contribution in [0.1, 0.15) is 17.0 Å². The molecule has 3 heterocycles. The SMILES string of the molecule is CSc1nc(NCCCc2ccc(-c3cnc(F)cn3)cc2)c2nc(C)sc2n1. The summed E-state index contributed by atoms with van der Waals surface area (Å²) >= 11 is 3.12. The van der Waals surface area contributed by atoms with E-state index in [-0.39, 0.29) is 0 Å². The lowest BCUT2D eigenvalue weighted by molar-refractivity contribution is 0.577. The minimum atomic E-state index is -0.573. The maximum atomic E-state index is 12.9. The minimum absolute atomic E-state index is 0.573. The Morgan fingerprint density at radius 3 is 2.62 bits per heavy atom. The third-order valence-electron chi connectivity index (χ3n) is 4.33. The van der Waals surface area contributed by atoms with Crippen molar-refractivity contribution in [3.63, 3.8) is 0 Å². The van der Waals surface area contributed by atoms with Crippen molar-refractivity contribution in [3.8, 4) is 11.3 Å². The smallest absolute Gasteiger partial charge is 0.231 e. The molecule has 0 saturated heterocycles. The molecular formula is C20H19FN6S2. The molecule has 29 heavy (non-hydrogen) atoms. The number of anilines is 1. The number of aryl methyl sites for hydroxylation is 2. The van der Waals surface area contributed by atoms with Crippen LogP contribution in [0.5, 0.6) is 0 Å². The molecule has 0 saturated carbocycles. The van der Waals surface area contributed by atoms with Gasteiger partial charge in [-0.2, -0.15) is 4.39 Å². The maximum Gasteiger partial charge on any atom is 0.231 e. The zero-order valence-corrected chi connectivity index (χ0v) is 17.6. The lowest BCUT2D eigenvalue weighted by atomic mass is 10.1. The molecule has 0 fully saturated rings. The summed E-state index contributed by atoms with van der Waals surface area (Å²) < 4.78 is 12.9. The van der Waals surface area contributed by atoms with Gasteiger partial charge >= 0.3 is 0 Å². The van der Waals surface area contributed by atoms with Crippen molar-refractivity contribution in [2.75, 3.05) is 18.1 Å². The molecule has 6 nitrogen and oxygen atoms in total. The van der Waals surface area contributed by atoms with Crippen molar-refractivity contribution < 1.29 is 4.39 Å². The predicted octanol–water partition coefficient (Wildman–Crippen LogP) is 4.76. The van der Waals surface area contributed by atoms with Crippen LogP contribution < -0.4 is 5.32 Å². The Hall–Kier alpha value is -2.65. The summed E-state index contributed by atoms with van der Waals surface area (Å²) in [6, 6.07) is 8.11. The molecule has 0 radical (unpaired) electrons. The van der Waals surface area contributed by atoms with Crippen LogP contribution in [0.2, 0.25) is 0 Å². The lowest BCUT2D eigenvalue weighted by Crippen LogP contribution is -2.06. The molecule has 0 aliphatic carbocycles. The first-order valence-corrected chi connectivity index (χ1v) is 11.2. The highest BCUT2D eigenvalue weighted by Crippen LogP contribution is 2.27. The van der Waals surface area contributed by atoms with Crippen LogP contribution in [-0.4, -0.2) is 37.7 Å². The van der Waals surface area contributed by atoms with Crippen LogP contribution in [-0.2, 0) is 6.42 Å². The normalized spacial score (nSPS) is 11.1. The number of halogens is 1. The monoisotopic (exact) mass is 426 g/mol. The molecule has 148 valence electrons. The van der Waals surface area contributed by atoms with E-state index in [0.717, 1.165) is 57.5 Å². The van der Waals surface area contributed by atoms with E-state index in [9.17, 15) is 4.39 Å². The van der Waals surface area contributed by atoms with Gasteiger partial charge < -0.3 is 5.32 Å². The Kier molecular flexibility index (Phi) is 5.96. The molecule has 1 aromatic carbocycles. The van der Waals surface area contributed by atoms with E-state index in [0.29, 0.717) is 5.69 Å². The second-order valence-electron chi connectivity index (χ2n) is 6.40. The van der Waals surface area contributed by atoms with E-state index in [1.807, 2.05) is 25.3 Å². The molecular weight excluding hydrogens is 407 g/mol. The van der Waals surface area contributed by atoms with Gasteiger partial charge in [0.1, 0.15) is 10.3 Å². The average molecular weight is 427 g/mol. The quantitative estimate of drug-likeness (QED) is 0.259. The van der Waals surface area contributed by atoms with E-state index in [1.54, 1.807) is 11.3 Å². The lowest BCUT2D eigenvalue weighted by Gasteiger charge is -2.08. The zero-order valence-electron chi connectivity index (χ0n) is 16.0. The molecule has 0 amide bonds. The van der Waals surface area contributed by atoms with Crippen LogP contribution in [0.3, 0.4) is 0 Å². The molecule has 0 unspecified atom stereocenters. The topological polar surface area (TPSA) is 76.5 Å². The number of benzene rings is 1. The van der Waals surface area contributed by atoms with Gasteiger partial charge in [-0.25, -0.2) is 24.9 Å². The first-order valence-electron chi connectivity index (χ1n) is 9.12. The zero-order chi connectivity index (χ0) is 20.2. The van der Waals surface area contributed by atoms with E-state index in [4.69, 9.17) is 0 Å². The number of nitrogens with zero attached hydrogens (tertiary/aromatic N) is 5. The highest BCUT2D eigenvalue weighted by molar-refractivity contribution is 7.98. The molecule has 3 aromatic heterocycles. The van der Waals surface area contributed by atoms with Gasteiger partial charge in [0.25, 0.3) is 0 Å². The van der Waals surface area contributed by atoms with Gasteiger partial charge in [-0.1, -0.05) is 47.4 Å². The second kappa shape index (κ2) is 8.79. The molecule has 0 spiro atoms. The van der Waals surface area contributed by atoms with Gasteiger partial charge in [-0.15, -0.1) is 0 Å². The fourth-order valence-electron chi connectivity index (χ4n) is 2.92. The Morgan fingerprint density at radius 2 is 1.90 bits per heavy atom. The van der Waals surface area contributed by atoms with Crippen molar-refractivity contribution in [2.45, 2.75) is 24.9 Å². The summed E-state index contributed by atoms with van der Waals surface area (Å²) in [5.41, 5.74) is 3.66. The van der Waals surface area contributed by atoms with Gasteiger partial charge in [0, 0.05) is 12.1 Å². The van der Waals surface area contributed by atoms with Crippen LogP contribution in [0.25, 0.3) is 21.6 Å². The maximum absolute atomic E-state index is 12.9. The van der Waals surface area contributed by atoms with Crippen LogP contribution >= 0.6 is 23.1 Å². The summed E-state index contributed by atoms with van der Waals surface area (Å²) in [4.78, 5) is 22.3. The average Bonchev–Trinajstić information content (AvgIpc) is 3.12. The van der Waals surface area contributed by atoms with E-state index in [2.05, 4.69) is 42.4 Å². The largest absolute Gasteiger partial charge is 0.368 e. The summed E-state index contributed by atoms with van der Waals surface area (Å²) in [5, 5.41) is 5.15.